The van der Waals surface area contributed by atoms with E-state index < -0.39 is 0 Å². The van der Waals surface area contributed by atoms with Gasteiger partial charge in [-0.3, -0.25) is 0 Å². The molecule has 94 valence electrons. The Balaban J connectivity index is 2.12. The third-order valence-electron chi connectivity index (χ3n) is 4.00. The number of benzene rings is 1. The summed E-state index contributed by atoms with van der Waals surface area (Å²) in [7, 11) is 0. The van der Waals surface area contributed by atoms with Gasteiger partial charge < -0.3 is 5.11 Å². The Morgan fingerprint density at radius 2 is 2.06 bits per heavy atom. The predicted octanol–water partition coefficient (Wildman–Crippen LogP) is 4.07. The minimum Gasteiger partial charge on any atom is -0.392 e. The molecule has 17 heavy (non-hydrogen) atoms. The van der Waals surface area contributed by atoms with Crippen molar-refractivity contribution in [2.75, 3.05) is 0 Å². The zero-order valence-corrected chi connectivity index (χ0v) is 11.6. The number of rotatable bonds is 3. The maximum absolute atomic E-state index is 13.4. The normalized spacial score (nSPS) is 20.5. The molecular weight excluding hydrogens is 283 g/mol. The molecule has 0 bridgehead atoms. The van der Waals surface area contributed by atoms with Crippen molar-refractivity contribution in [3.05, 3.63) is 34.1 Å². The molecule has 1 N–H and O–H groups in total. The van der Waals surface area contributed by atoms with Gasteiger partial charge in [0, 0.05) is 6.42 Å². The zero-order valence-electron chi connectivity index (χ0n) is 10.0. The van der Waals surface area contributed by atoms with E-state index in [1.54, 1.807) is 6.07 Å². The highest BCUT2D eigenvalue weighted by Gasteiger charge is 2.36. The van der Waals surface area contributed by atoms with Crippen LogP contribution in [0.15, 0.2) is 22.7 Å². The van der Waals surface area contributed by atoms with Gasteiger partial charge in [-0.15, -0.1) is 0 Å². The van der Waals surface area contributed by atoms with Gasteiger partial charge in [0.15, 0.2) is 0 Å². The summed E-state index contributed by atoms with van der Waals surface area (Å²) < 4.78 is 13.9. The second-order valence-corrected chi connectivity index (χ2v) is 6.09. The van der Waals surface area contributed by atoms with Crippen LogP contribution < -0.4 is 0 Å². The van der Waals surface area contributed by atoms with Crippen LogP contribution in [0.4, 0.5) is 4.39 Å². The Morgan fingerprint density at radius 1 is 1.41 bits per heavy atom. The highest BCUT2D eigenvalue weighted by atomic mass is 79.9. The predicted molar refractivity (Wildman–Crippen MR) is 70.4 cm³/mol. The number of hydrogen-bond acceptors (Lipinski definition) is 1. The Bertz CT molecular complexity index is 399. The van der Waals surface area contributed by atoms with Crippen molar-refractivity contribution in [2.24, 2.45) is 5.41 Å². The van der Waals surface area contributed by atoms with Crippen molar-refractivity contribution in [1.82, 2.24) is 0 Å². The Hall–Kier alpha value is -0.410. The quantitative estimate of drug-likeness (QED) is 0.892. The minimum absolute atomic E-state index is 0.00571. The van der Waals surface area contributed by atoms with E-state index in [1.165, 1.54) is 18.9 Å². The van der Waals surface area contributed by atoms with E-state index >= 15 is 0 Å². The van der Waals surface area contributed by atoms with E-state index in [0.717, 1.165) is 18.4 Å². The lowest BCUT2D eigenvalue weighted by molar-refractivity contribution is 0.0422. The lowest BCUT2D eigenvalue weighted by Gasteiger charge is -2.30. The molecule has 0 spiro atoms. The van der Waals surface area contributed by atoms with E-state index in [0.29, 0.717) is 10.9 Å². The molecular formula is C14H18BrFO. The summed E-state index contributed by atoms with van der Waals surface area (Å²) in [4.78, 5) is 0. The van der Waals surface area contributed by atoms with Crippen LogP contribution in [0.1, 0.15) is 38.2 Å². The summed E-state index contributed by atoms with van der Waals surface area (Å²) in [6.07, 6.45) is 4.66. The van der Waals surface area contributed by atoms with Crippen LogP contribution in [-0.4, -0.2) is 11.2 Å². The summed E-state index contributed by atoms with van der Waals surface area (Å²) in [6, 6.07) is 4.99. The van der Waals surface area contributed by atoms with E-state index in [1.807, 2.05) is 6.07 Å². The standard InChI is InChI=1S/C14H18BrFO/c1-14(7-2-3-8-14)12(17)9-10-5-4-6-11(16)13(10)15/h4-6,12,17H,2-3,7-9H2,1H3. The topological polar surface area (TPSA) is 20.2 Å². The first-order valence-corrected chi connectivity index (χ1v) is 6.93. The molecule has 0 aromatic heterocycles. The molecule has 1 aliphatic rings. The van der Waals surface area contributed by atoms with E-state index in [4.69, 9.17) is 0 Å². The fourth-order valence-electron chi connectivity index (χ4n) is 2.68. The molecule has 1 fully saturated rings. The maximum atomic E-state index is 13.4. The Morgan fingerprint density at radius 3 is 2.71 bits per heavy atom. The molecule has 1 aromatic carbocycles. The van der Waals surface area contributed by atoms with Crippen LogP contribution in [0.5, 0.6) is 0 Å². The average molecular weight is 301 g/mol. The van der Waals surface area contributed by atoms with Crippen molar-refractivity contribution in [3.63, 3.8) is 0 Å². The van der Waals surface area contributed by atoms with Gasteiger partial charge in [0.05, 0.1) is 10.6 Å². The first kappa shape index (κ1) is 13.0. The van der Waals surface area contributed by atoms with Crippen molar-refractivity contribution >= 4 is 15.9 Å². The van der Waals surface area contributed by atoms with Gasteiger partial charge in [0.1, 0.15) is 5.82 Å². The van der Waals surface area contributed by atoms with Gasteiger partial charge in [0.25, 0.3) is 0 Å². The maximum Gasteiger partial charge on any atom is 0.137 e. The van der Waals surface area contributed by atoms with E-state index in [9.17, 15) is 9.50 Å². The largest absolute Gasteiger partial charge is 0.392 e. The fourth-order valence-corrected chi connectivity index (χ4v) is 3.10. The number of hydrogen-bond donors (Lipinski definition) is 1. The van der Waals surface area contributed by atoms with Crippen molar-refractivity contribution in [2.45, 2.75) is 45.1 Å². The smallest absolute Gasteiger partial charge is 0.137 e. The molecule has 1 saturated carbocycles. The monoisotopic (exact) mass is 300 g/mol. The molecule has 3 heteroatoms. The fraction of sp³-hybridized carbons (Fsp3) is 0.571. The summed E-state index contributed by atoms with van der Waals surface area (Å²) in [6.45, 7) is 2.14. The highest BCUT2D eigenvalue weighted by molar-refractivity contribution is 9.10. The molecule has 1 atom stereocenters. The van der Waals surface area contributed by atoms with Gasteiger partial charge in [-0.1, -0.05) is 31.9 Å². The SMILES string of the molecule is CC1(C(O)Cc2cccc(F)c2Br)CCCC1. The van der Waals surface area contributed by atoms with Crippen LogP contribution in [0.2, 0.25) is 0 Å². The van der Waals surface area contributed by atoms with Crippen molar-refractivity contribution in [1.29, 1.82) is 0 Å². The molecule has 0 saturated heterocycles. The molecule has 1 aromatic rings. The summed E-state index contributed by atoms with van der Waals surface area (Å²) in [5, 5.41) is 10.3. The second-order valence-electron chi connectivity index (χ2n) is 5.29. The van der Waals surface area contributed by atoms with Crippen molar-refractivity contribution < 1.29 is 9.50 Å². The summed E-state index contributed by atoms with van der Waals surface area (Å²) in [5.74, 6) is -0.258. The van der Waals surface area contributed by atoms with Gasteiger partial charge in [-0.2, -0.15) is 0 Å². The minimum atomic E-state index is -0.386. The van der Waals surface area contributed by atoms with Gasteiger partial charge in [-0.05, 0) is 45.8 Å². The van der Waals surface area contributed by atoms with Gasteiger partial charge >= 0.3 is 0 Å². The highest BCUT2D eigenvalue weighted by Crippen LogP contribution is 2.42. The van der Waals surface area contributed by atoms with Crippen LogP contribution >= 0.6 is 15.9 Å². The zero-order chi connectivity index (χ0) is 12.5. The van der Waals surface area contributed by atoms with Crippen LogP contribution in [0.3, 0.4) is 0 Å². The summed E-state index contributed by atoms with van der Waals surface area (Å²) in [5.41, 5.74) is 0.858. The van der Waals surface area contributed by atoms with E-state index in [2.05, 4.69) is 22.9 Å². The third kappa shape index (κ3) is 2.71. The molecule has 0 heterocycles. The number of aliphatic hydroxyl groups excluding tert-OH is 1. The Kier molecular flexibility index (Phi) is 3.88. The average Bonchev–Trinajstić information content (AvgIpc) is 2.73. The molecule has 1 unspecified atom stereocenters. The lowest BCUT2D eigenvalue weighted by Crippen LogP contribution is -2.31. The first-order chi connectivity index (χ1) is 8.03. The first-order valence-electron chi connectivity index (χ1n) is 6.14. The van der Waals surface area contributed by atoms with E-state index in [-0.39, 0.29) is 17.3 Å². The van der Waals surface area contributed by atoms with Gasteiger partial charge in [-0.25, -0.2) is 4.39 Å². The lowest BCUT2D eigenvalue weighted by atomic mass is 9.80. The van der Waals surface area contributed by atoms with Crippen molar-refractivity contribution in [3.8, 4) is 0 Å². The second kappa shape index (κ2) is 5.07. The molecule has 0 aliphatic heterocycles. The number of aliphatic hydroxyl groups is 1. The molecule has 0 radical (unpaired) electrons. The molecule has 1 aliphatic carbocycles. The van der Waals surface area contributed by atoms with Gasteiger partial charge in [0.2, 0.25) is 0 Å². The van der Waals surface area contributed by atoms with Crippen LogP contribution in [0, 0.1) is 11.2 Å². The molecule has 1 nitrogen and oxygen atoms in total. The van der Waals surface area contributed by atoms with Crippen LogP contribution in [-0.2, 0) is 6.42 Å². The summed E-state index contributed by atoms with van der Waals surface area (Å²) >= 11 is 3.25. The molecule has 2 rings (SSSR count). The third-order valence-corrected chi connectivity index (χ3v) is 4.88. The van der Waals surface area contributed by atoms with Crippen LogP contribution in [0.25, 0.3) is 0 Å². The molecule has 0 amide bonds. The number of halogens is 2. The Labute approximate surface area is 110 Å².